The van der Waals surface area contributed by atoms with Gasteiger partial charge in [0.2, 0.25) is 0 Å². The van der Waals surface area contributed by atoms with Gasteiger partial charge in [-0.2, -0.15) is 0 Å². The molecule has 4 nitrogen and oxygen atoms in total. The highest BCUT2D eigenvalue weighted by Crippen LogP contribution is 2.15. The zero-order chi connectivity index (χ0) is 13.8. The smallest absolute Gasteiger partial charge is 0.254 e. The van der Waals surface area contributed by atoms with Gasteiger partial charge in [0.1, 0.15) is 5.82 Å². The van der Waals surface area contributed by atoms with Gasteiger partial charge in [-0.25, -0.2) is 13.8 Å². The number of rotatable bonds is 4. The maximum atomic E-state index is 13.5. The van der Waals surface area contributed by atoms with Crippen LogP contribution < -0.4 is 5.32 Å². The fraction of sp³-hybridized carbons (Fsp3) is 0.231. The van der Waals surface area contributed by atoms with E-state index in [0.717, 1.165) is 6.07 Å². The Bertz CT molecular complexity index is 569. The van der Waals surface area contributed by atoms with Crippen LogP contribution in [0.15, 0.2) is 30.6 Å². The van der Waals surface area contributed by atoms with Crippen molar-refractivity contribution in [2.75, 3.05) is 0 Å². The second-order valence-corrected chi connectivity index (χ2v) is 4.01. The van der Waals surface area contributed by atoms with Crippen LogP contribution in [0.2, 0.25) is 0 Å². The molecular weight excluding hydrogens is 252 g/mol. The number of carbonyl (C=O) groups is 1. The number of benzene rings is 1. The number of halogens is 2. The summed E-state index contributed by atoms with van der Waals surface area (Å²) in [4.78, 5) is 18.8. The first-order valence-electron chi connectivity index (χ1n) is 5.87. The maximum Gasteiger partial charge on any atom is 0.254 e. The van der Waals surface area contributed by atoms with Gasteiger partial charge in [0.05, 0.1) is 11.6 Å². The molecule has 1 aromatic carbocycles. The Labute approximate surface area is 108 Å². The van der Waals surface area contributed by atoms with Crippen molar-refractivity contribution in [1.29, 1.82) is 0 Å². The van der Waals surface area contributed by atoms with Gasteiger partial charge in [0.25, 0.3) is 5.91 Å². The van der Waals surface area contributed by atoms with Crippen molar-refractivity contribution in [3.63, 3.8) is 0 Å². The lowest BCUT2D eigenvalue weighted by Gasteiger charge is -2.15. The summed E-state index contributed by atoms with van der Waals surface area (Å²) in [6, 6.07) is 3.13. The topological polar surface area (TPSA) is 57.8 Å². The van der Waals surface area contributed by atoms with Crippen molar-refractivity contribution in [3.05, 3.63) is 53.6 Å². The maximum absolute atomic E-state index is 13.5. The molecule has 0 fully saturated rings. The van der Waals surface area contributed by atoms with Crippen LogP contribution in [-0.4, -0.2) is 15.9 Å². The van der Waals surface area contributed by atoms with Gasteiger partial charge in [-0.15, -0.1) is 0 Å². The van der Waals surface area contributed by atoms with Gasteiger partial charge in [-0.05, 0) is 18.6 Å². The number of amides is 1. The van der Waals surface area contributed by atoms with E-state index in [4.69, 9.17) is 0 Å². The first kappa shape index (κ1) is 13.2. The van der Waals surface area contributed by atoms with E-state index >= 15 is 0 Å². The average molecular weight is 265 g/mol. The third-order valence-corrected chi connectivity index (χ3v) is 2.76. The summed E-state index contributed by atoms with van der Waals surface area (Å²) in [6.07, 6.45) is 3.77. The Morgan fingerprint density at radius 2 is 2.26 bits per heavy atom. The molecule has 1 atom stereocenters. The zero-order valence-corrected chi connectivity index (χ0v) is 10.3. The number of hydrogen-bond acceptors (Lipinski definition) is 2. The van der Waals surface area contributed by atoms with Gasteiger partial charge in [-0.3, -0.25) is 4.79 Å². The van der Waals surface area contributed by atoms with Crippen molar-refractivity contribution >= 4 is 5.91 Å². The SMILES string of the molecule is CCC(NC(=O)c1cccc(F)c1F)c1ncc[nH]1. The molecule has 2 N–H and O–H groups in total. The van der Waals surface area contributed by atoms with E-state index in [1.165, 1.54) is 12.1 Å². The number of carbonyl (C=O) groups excluding carboxylic acids is 1. The van der Waals surface area contributed by atoms with E-state index in [1.807, 2.05) is 6.92 Å². The van der Waals surface area contributed by atoms with Crippen LogP contribution in [0.25, 0.3) is 0 Å². The monoisotopic (exact) mass is 265 g/mol. The molecule has 0 radical (unpaired) electrons. The van der Waals surface area contributed by atoms with Gasteiger partial charge in [0, 0.05) is 12.4 Å². The normalized spacial score (nSPS) is 12.2. The highest BCUT2D eigenvalue weighted by molar-refractivity contribution is 5.94. The van der Waals surface area contributed by atoms with Crippen LogP contribution in [0.3, 0.4) is 0 Å². The highest BCUT2D eigenvalue weighted by atomic mass is 19.2. The van der Waals surface area contributed by atoms with E-state index < -0.39 is 17.5 Å². The number of aromatic amines is 1. The third kappa shape index (κ3) is 2.78. The molecule has 0 aliphatic carbocycles. The van der Waals surface area contributed by atoms with Gasteiger partial charge in [0.15, 0.2) is 11.6 Å². The van der Waals surface area contributed by atoms with Crippen molar-refractivity contribution in [2.45, 2.75) is 19.4 Å². The van der Waals surface area contributed by atoms with E-state index in [9.17, 15) is 13.6 Å². The fourth-order valence-corrected chi connectivity index (χ4v) is 1.75. The molecule has 1 aromatic heterocycles. The van der Waals surface area contributed by atoms with E-state index in [0.29, 0.717) is 12.2 Å². The summed E-state index contributed by atoms with van der Waals surface area (Å²) in [7, 11) is 0. The number of nitrogens with one attached hydrogen (secondary N) is 2. The number of nitrogens with zero attached hydrogens (tertiary/aromatic N) is 1. The summed E-state index contributed by atoms with van der Waals surface area (Å²) in [5.41, 5.74) is -0.315. The standard InChI is InChI=1S/C13H13F2N3O/c1-2-10(12-16-6-7-17-12)18-13(19)8-4-3-5-9(14)11(8)15/h3-7,10H,2H2,1H3,(H,16,17)(H,18,19). The second-order valence-electron chi connectivity index (χ2n) is 4.01. The quantitative estimate of drug-likeness (QED) is 0.892. The van der Waals surface area contributed by atoms with E-state index in [-0.39, 0.29) is 11.6 Å². The lowest BCUT2D eigenvalue weighted by atomic mass is 10.1. The molecule has 0 saturated heterocycles. The zero-order valence-electron chi connectivity index (χ0n) is 10.3. The molecule has 1 amide bonds. The lowest BCUT2D eigenvalue weighted by molar-refractivity contribution is 0.0928. The third-order valence-electron chi connectivity index (χ3n) is 2.76. The summed E-state index contributed by atoms with van der Waals surface area (Å²) >= 11 is 0. The molecule has 0 saturated carbocycles. The minimum Gasteiger partial charge on any atom is -0.347 e. The van der Waals surface area contributed by atoms with Gasteiger partial charge in [-0.1, -0.05) is 13.0 Å². The summed E-state index contributed by atoms with van der Waals surface area (Å²) in [6.45, 7) is 1.86. The Morgan fingerprint density at radius 3 is 2.89 bits per heavy atom. The molecule has 1 heterocycles. The van der Waals surface area contributed by atoms with Crippen molar-refractivity contribution < 1.29 is 13.6 Å². The number of imidazole rings is 1. The second kappa shape index (κ2) is 5.60. The predicted octanol–water partition coefficient (Wildman–Crippen LogP) is 2.57. The highest BCUT2D eigenvalue weighted by Gasteiger charge is 2.19. The Hall–Kier alpha value is -2.24. The molecule has 100 valence electrons. The molecule has 1 unspecified atom stereocenters. The summed E-state index contributed by atoms with van der Waals surface area (Å²) < 4.78 is 26.5. The first-order valence-corrected chi connectivity index (χ1v) is 5.87. The van der Waals surface area contributed by atoms with E-state index in [2.05, 4.69) is 15.3 Å². The van der Waals surface area contributed by atoms with Crippen LogP contribution in [0, 0.1) is 11.6 Å². The van der Waals surface area contributed by atoms with Gasteiger partial charge < -0.3 is 10.3 Å². The largest absolute Gasteiger partial charge is 0.347 e. The summed E-state index contributed by atoms with van der Waals surface area (Å²) in [5, 5.41) is 2.61. The Morgan fingerprint density at radius 1 is 1.47 bits per heavy atom. The Kier molecular flexibility index (Phi) is 3.89. The number of hydrogen-bond donors (Lipinski definition) is 2. The predicted molar refractivity (Wildman–Crippen MR) is 65.4 cm³/mol. The molecule has 0 aliphatic heterocycles. The fourth-order valence-electron chi connectivity index (χ4n) is 1.75. The number of H-pyrrole nitrogens is 1. The molecule has 2 rings (SSSR count). The Balaban J connectivity index is 2.18. The molecule has 0 spiro atoms. The van der Waals surface area contributed by atoms with Crippen molar-refractivity contribution in [2.24, 2.45) is 0 Å². The van der Waals surface area contributed by atoms with Crippen LogP contribution in [-0.2, 0) is 0 Å². The van der Waals surface area contributed by atoms with Crippen LogP contribution in [0.4, 0.5) is 8.78 Å². The van der Waals surface area contributed by atoms with Gasteiger partial charge >= 0.3 is 0 Å². The average Bonchev–Trinajstić information content (AvgIpc) is 2.92. The van der Waals surface area contributed by atoms with Crippen LogP contribution in [0.5, 0.6) is 0 Å². The molecule has 2 aromatic rings. The first-order chi connectivity index (χ1) is 9.13. The molecule has 0 aliphatic rings. The van der Waals surface area contributed by atoms with Crippen LogP contribution >= 0.6 is 0 Å². The van der Waals surface area contributed by atoms with E-state index in [1.54, 1.807) is 12.4 Å². The minimum absolute atomic E-state index is 0.315. The minimum atomic E-state index is -1.14. The lowest BCUT2D eigenvalue weighted by Crippen LogP contribution is -2.29. The van der Waals surface area contributed by atoms with Crippen LogP contribution in [0.1, 0.15) is 35.6 Å². The number of aromatic nitrogens is 2. The summed E-state index contributed by atoms with van der Waals surface area (Å²) in [5.74, 6) is -2.28. The van der Waals surface area contributed by atoms with Crippen molar-refractivity contribution in [1.82, 2.24) is 15.3 Å². The molecule has 19 heavy (non-hydrogen) atoms. The molecule has 0 bridgehead atoms. The molecule has 6 heteroatoms. The van der Waals surface area contributed by atoms with Crippen molar-refractivity contribution in [3.8, 4) is 0 Å². The molecular formula is C13H13F2N3O.